The molecule has 3 unspecified atom stereocenters. The van der Waals surface area contributed by atoms with Crippen molar-refractivity contribution in [1.29, 1.82) is 0 Å². The fourth-order valence-corrected chi connectivity index (χ4v) is 4.77. The smallest absolute Gasteiger partial charge is 0.232 e. The first-order chi connectivity index (χ1) is 9.80. The number of amides is 1. The van der Waals surface area contributed by atoms with Gasteiger partial charge in [-0.1, -0.05) is 13.3 Å². The van der Waals surface area contributed by atoms with Gasteiger partial charge in [0.2, 0.25) is 5.91 Å². The molecule has 0 aromatic carbocycles. The standard InChI is InChI=1S/C14H26N2O4S/c1-3-4-6-16(11-5-7-21(18,19)9-11)13(17)14(2)10-20-8-12(14)15/h11-12H,3-10,15H2,1-2H3. The van der Waals surface area contributed by atoms with E-state index in [0.717, 1.165) is 12.8 Å². The van der Waals surface area contributed by atoms with Gasteiger partial charge in [-0.3, -0.25) is 4.79 Å². The minimum absolute atomic E-state index is 0.0527. The summed E-state index contributed by atoms with van der Waals surface area (Å²) in [4.78, 5) is 14.7. The predicted octanol–water partition coefficient (Wildman–Crippen LogP) is 0.166. The lowest BCUT2D eigenvalue weighted by Gasteiger charge is -2.36. The van der Waals surface area contributed by atoms with E-state index in [1.807, 2.05) is 6.92 Å². The van der Waals surface area contributed by atoms with Crippen LogP contribution in [0.4, 0.5) is 0 Å². The van der Waals surface area contributed by atoms with Gasteiger partial charge in [0.1, 0.15) is 0 Å². The van der Waals surface area contributed by atoms with Gasteiger partial charge in [0.15, 0.2) is 9.84 Å². The molecule has 122 valence electrons. The van der Waals surface area contributed by atoms with Crippen molar-refractivity contribution in [2.24, 2.45) is 11.1 Å². The van der Waals surface area contributed by atoms with Gasteiger partial charge in [-0.2, -0.15) is 0 Å². The van der Waals surface area contributed by atoms with Gasteiger partial charge >= 0.3 is 0 Å². The summed E-state index contributed by atoms with van der Waals surface area (Å²) in [5.41, 5.74) is 5.31. The topological polar surface area (TPSA) is 89.7 Å². The van der Waals surface area contributed by atoms with Crippen LogP contribution in [0.25, 0.3) is 0 Å². The molecular weight excluding hydrogens is 292 g/mol. The lowest BCUT2D eigenvalue weighted by molar-refractivity contribution is -0.143. The van der Waals surface area contributed by atoms with Crippen LogP contribution in [0, 0.1) is 5.41 Å². The molecule has 2 heterocycles. The van der Waals surface area contributed by atoms with E-state index in [9.17, 15) is 13.2 Å². The zero-order valence-corrected chi connectivity index (χ0v) is 13.7. The van der Waals surface area contributed by atoms with Crippen molar-refractivity contribution in [2.75, 3.05) is 31.3 Å². The Morgan fingerprint density at radius 2 is 2.19 bits per heavy atom. The molecule has 0 spiro atoms. The van der Waals surface area contributed by atoms with E-state index in [-0.39, 0.29) is 29.5 Å². The summed E-state index contributed by atoms with van der Waals surface area (Å²) in [6.07, 6.45) is 2.36. The van der Waals surface area contributed by atoms with Crippen molar-refractivity contribution < 1.29 is 17.9 Å². The maximum absolute atomic E-state index is 13.0. The number of carbonyl (C=O) groups excluding carboxylic acids is 1. The van der Waals surface area contributed by atoms with Crippen molar-refractivity contribution in [3.8, 4) is 0 Å². The second-order valence-corrected chi connectivity index (χ2v) is 8.68. The molecule has 21 heavy (non-hydrogen) atoms. The highest BCUT2D eigenvalue weighted by Gasteiger charge is 2.48. The summed E-state index contributed by atoms with van der Waals surface area (Å²) in [7, 11) is -3.01. The molecule has 0 aromatic heterocycles. The maximum atomic E-state index is 13.0. The second kappa shape index (κ2) is 6.22. The number of nitrogens with two attached hydrogens (primary N) is 1. The first kappa shape index (κ1) is 16.7. The van der Waals surface area contributed by atoms with Gasteiger partial charge in [-0.25, -0.2) is 8.42 Å². The van der Waals surface area contributed by atoms with Crippen molar-refractivity contribution in [3.63, 3.8) is 0 Å². The molecule has 2 N–H and O–H groups in total. The minimum atomic E-state index is -3.01. The molecule has 3 atom stereocenters. The monoisotopic (exact) mass is 318 g/mol. The van der Waals surface area contributed by atoms with Crippen LogP contribution in [0.2, 0.25) is 0 Å². The van der Waals surface area contributed by atoms with Crippen LogP contribution in [0.1, 0.15) is 33.1 Å². The predicted molar refractivity (Wildman–Crippen MR) is 80.6 cm³/mol. The molecule has 0 aliphatic carbocycles. The fraction of sp³-hybridized carbons (Fsp3) is 0.929. The number of ether oxygens (including phenoxy) is 1. The third kappa shape index (κ3) is 3.40. The third-order valence-corrected chi connectivity index (χ3v) is 6.42. The average Bonchev–Trinajstić information content (AvgIpc) is 2.94. The summed E-state index contributed by atoms with van der Waals surface area (Å²) in [5.74, 6) is 0.199. The van der Waals surface area contributed by atoms with Gasteiger partial charge in [0.25, 0.3) is 0 Å². The third-order valence-electron chi connectivity index (χ3n) is 4.67. The highest BCUT2D eigenvalue weighted by atomic mass is 32.2. The number of rotatable bonds is 5. The van der Waals surface area contributed by atoms with E-state index in [1.165, 1.54) is 0 Å². The molecule has 1 amide bonds. The molecule has 0 bridgehead atoms. The van der Waals surface area contributed by atoms with Crippen LogP contribution in [-0.4, -0.2) is 62.6 Å². The Morgan fingerprint density at radius 3 is 2.67 bits per heavy atom. The normalized spacial score (nSPS) is 35.0. The highest BCUT2D eigenvalue weighted by molar-refractivity contribution is 7.91. The van der Waals surface area contributed by atoms with Crippen molar-refractivity contribution >= 4 is 15.7 Å². The van der Waals surface area contributed by atoms with Crippen LogP contribution in [0.3, 0.4) is 0 Å². The Hall–Kier alpha value is -0.660. The molecule has 6 nitrogen and oxygen atoms in total. The number of nitrogens with zero attached hydrogens (tertiary/aromatic N) is 1. The number of unbranched alkanes of at least 4 members (excludes halogenated alkanes) is 1. The Labute approximate surface area is 126 Å². The largest absolute Gasteiger partial charge is 0.379 e. The molecule has 0 radical (unpaired) electrons. The molecule has 2 fully saturated rings. The van der Waals surface area contributed by atoms with Crippen LogP contribution < -0.4 is 5.73 Å². The van der Waals surface area contributed by atoms with Crippen LogP contribution >= 0.6 is 0 Å². The molecule has 2 rings (SSSR count). The van der Waals surface area contributed by atoms with Gasteiger partial charge < -0.3 is 15.4 Å². The Morgan fingerprint density at radius 1 is 1.48 bits per heavy atom. The average molecular weight is 318 g/mol. The molecule has 2 aliphatic rings. The fourth-order valence-electron chi connectivity index (χ4n) is 3.04. The van der Waals surface area contributed by atoms with Crippen molar-refractivity contribution in [3.05, 3.63) is 0 Å². The van der Waals surface area contributed by atoms with Crippen LogP contribution in [0.5, 0.6) is 0 Å². The number of hydrogen-bond donors (Lipinski definition) is 1. The van der Waals surface area contributed by atoms with E-state index in [2.05, 4.69) is 6.92 Å². The number of hydrogen-bond acceptors (Lipinski definition) is 5. The van der Waals surface area contributed by atoms with E-state index < -0.39 is 15.3 Å². The first-order valence-electron chi connectivity index (χ1n) is 7.65. The summed E-state index contributed by atoms with van der Waals surface area (Å²) in [6.45, 7) is 5.18. The minimum Gasteiger partial charge on any atom is -0.379 e. The van der Waals surface area contributed by atoms with E-state index in [0.29, 0.717) is 26.2 Å². The summed E-state index contributed by atoms with van der Waals surface area (Å²) in [5, 5.41) is 0. The molecule has 2 aliphatic heterocycles. The van der Waals surface area contributed by atoms with E-state index >= 15 is 0 Å². The summed E-state index contributed by atoms with van der Waals surface area (Å²) >= 11 is 0. The quantitative estimate of drug-likeness (QED) is 0.780. The SMILES string of the molecule is CCCCN(C(=O)C1(C)COCC1N)C1CCS(=O)(=O)C1. The van der Waals surface area contributed by atoms with Gasteiger partial charge in [0, 0.05) is 18.6 Å². The lowest BCUT2D eigenvalue weighted by atomic mass is 9.83. The van der Waals surface area contributed by atoms with Crippen LogP contribution in [-0.2, 0) is 19.4 Å². The zero-order valence-electron chi connectivity index (χ0n) is 12.9. The van der Waals surface area contributed by atoms with Crippen LogP contribution in [0.15, 0.2) is 0 Å². The molecule has 0 aromatic rings. The van der Waals surface area contributed by atoms with Crippen molar-refractivity contribution in [1.82, 2.24) is 4.90 Å². The molecule has 0 saturated carbocycles. The van der Waals surface area contributed by atoms with E-state index in [4.69, 9.17) is 10.5 Å². The molecule has 2 saturated heterocycles. The van der Waals surface area contributed by atoms with Gasteiger partial charge in [-0.05, 0) is 19.8 Å². The first-order valence-corrected chi connectivity index (χ1v) is 9.47. The van der Waals surface area contributed by atoms with Gasteiger partial charge in [0.05, 0.1) is 30.1 Å². The maximum Gasteiger partial charge on any atom is 0.232 e. The summed E-state index contributed by atoms with van der Waals surface area (Å²) in [6, 6.07) is -0.536. The number of carbonyl (C=O) groups is 1. The van der Waals surface area contributed by atoms with E-state index in [1.54, 1.807) is 4.90 Å². The zero-order chi connectivity index (χ0) is 15.7. The number of sulfone groups is 1. The van der Waals surface area contributed by atoms with Crippen molar-refractivity contribution in [2.45, 2.75) is 45.2 Å². The second-order valence-electron chi connectivity index (χ2n) is 6.45. The lowest BCUT2D eigenvalue weighted by Crippen LogP contribution is -2.54. The molecule has 7 heteroatoms. The Balaban J connectivity index is 2.18. The Bertz CT molecular complexity index is 493. The highest BCUT2D eigenvalue weighted by Crippen LogP contribution is 2.32. The summed E-state index contributed by atoms with van der Waals surface area (Å²) < 4.78 is 28.8. The molecular formula is C14H26N2O4S. The Kier molecular flexibility index (Phi) is 4.95. The van der Waals surface area contributed by atoms with Gasteiger partial charge in [-0.15, -0.1) is 0 Å².